The van der Waals surface area contributed by atoms with Crippen LogP contribution in [0.2, 0.25) is 0 Å². The summed E-state index contributed by atoms with van der Waals surface area (Å²) in [6.45, 7) is 1.53. The summed E-state index contributed by atoms with van der Waals surface area (Å²) in [7, 11) is 0. The molecule has 0 aliphatic carbocycles. The van der Waals surface area contributed by atoms with Gasteiger partial charge < -0.3 is 19.4 Å². The lowest BCUT2D eigenvalue weighted by Gasteiger charge is -2.22. The molecule has 0 saturated carbocycles. The van der Waals surface area contributed by atoms with Gasteiger partial charge in [0.15, 0.2) is 6.29 Å². The van der Waals surface area contributed by atoms with E-state index in [4.69, 9.17) is 14.6 Å². The summed E-state index contributed by atoms with van der Waals surface area (Å²) >= 11 is 0. The zero-order valence-electron chi connectivity index (χ0n) is 6.94. The molecule has 1 N–H and O–H groups in total. The molecule has 0 aromatic carbocycles. The average Bonchev–Trinajstić information content (AvgIpc) is 2.16. The predicted octanol–water partition coefficient (Wildman–Crippen LogP) is -0.258. The van der Waals surface area contributed by atoms with Gasteiger partial charge in [0, 0.05) is 13.2 Å². The smallest absolute Gasteiger partial charge is 0.150 e. The number of hydrogen-bond donors (Lipinski definition) is 1. The molecule has 0 bridgehead atoms. The molecule has 1 fully saturated rings. The van der Waals surface area contributed by atoms with E-state index >= 15 is 0 Å². The van der Waals surface area contributed by atoms with E-state index in [-0.39, 0.29) is 12.7 Å². The molecule has 0 amide bonds. The second-order valence-corrected chi connectivity index (χ2v) is 2.85. The van der Waals surface area contributed by atoms with Gasteiger partial charge in [0.25, 0.3) is 0 Å². The highest BCUT2D eigenvalue weighted by Gasteiger charge is 2.15. The molecule has 0 aromatic heterocycles. The van der Waals surface area contributed by atoms with Gasteiger partial charge in [-0.1, -0.05) is 0 Å². The second kappa shape index (κ2) is 5.24. The first kappa shape index (κ1) is 9.64. The number of rotatable bonds is 4. The van der Waals surface area contributed by atoms with Crippen LogP contribution >= 0.6 is 0 Å². The maximum Gasteiger partial charge on any atom is 0.150 e. The van der Waals surface area contributed by atoms with E-state index in [2.05, 4.69) is 0 Å². The van der Waals surface area contributed by atoms with E-state index < -0.39 is 6.10 Å². The molecule has 4 nitrogen and oxygen atoms in total. The van der Waals surface area contributed by atoms with Crippen molar-refractivity contribution in [3.05, 3.63) is 0 Å². The fourth-order valence-corrected chi connectivity index (χ4v) is 1.12. The van der Waals surface area contributed by atoms with Crippen molar-refractivity contribution in [1.29, 1.82) is 0 Å². The first-order valence-electron chi connectivity index (χ1n) is 4.15. The topological polar surface area (TPSA) is 55.8 Å². The highest BCUT2D eigenvalue weighted by Crippen LogP contribution is 2.10. The zero-order valence-corrected chi connectivity index (χ0v) is 6.94. The number of aldehydes is 1. The van der Waals surface area contributed by atoms with Gasteiger partial charge in [-0.2, -0.15) is 0 Å². The summed E-state index contributed by atoms with van der Waals surface area (Å²) in [5, 5.41) is 8.86. The van der Waals surface area contributed by atoms with Crippen LogP contribution in [-0.4, -0.2) is 43.4 Å². The number of aliphatic hydroxyl groups excluding tert-OH is 1. The van der Waals surface area contributed by atoms with Crippen LogP contribution in [0.5, 0.6) is 0 Å². The lowest BCUT2D eigenvalue weighted by Crippen LogP contribution is -2.27. The van der Waals surface area contributed by atoms with Gasteiger partial charge in [-0.25, -0.2) is 0 Å². The van der Waals surface area contributed by atoms with Gasteiger partial charge in [0.1, 0.15) is 6.10 Å². The molecule has 1 rings (SSSR count). The summed E-state index contributed by atoms with van der Waals surface area (Å²) in [6.07, 6.45) is 1.36. The molecule has 0 spiro atoms. The van der Waals surface area contributed by atoms with Crippen molar-refractivity contribution in [3.63, 3.8) is 0 Å². The third-order valence-electron chi connectivity index (χ3n) is 1.83. The second-order valence-electron chi connectivity index (χ2n) is 2.85. The lowest BCUT2D eigenvalue weighted by atomic mass is 10.1. The fourth-order valence-electron chi connectivity index (χ4n) is 1.12. The van der Waals surface area contributed by atoms with Crippen LogP contribution < -0.4 is 0 Å². The minimum absolute atomic E-state index is 0.105. The quantitative estimate of drug-likeness (QED) is 0.597. The van der Waals surface area contributed by atoms with Crippen molar-refractivity contribution in [2.45, 2.75) is 25.0 Å². The average molecular weight is 174 g/mol. The van der Waals surface area contributed by atoms with Gasteiger partial charge in [-0.3, -0.25) is 0 Å². The van der Waals surface area contributed by atoms with E-state index in [1.165, 1.54) is 0 Å². The number of hydrogen-bond acceptors (Lipinski definition) is 4. The molecule has 0 radical (unpaired) electrons. The maximum atomic E-state index is 10.0. The standard InChI is InChI=1S/C8H14O4/c9-5-7(10)6-12-8-1-3-11-4-2-8/h5,7-8,10H,1-4,6H2. The molecule has 0 aromatic rings. The molecule has 70 valence electrons. The van der Waals surface area contributed by atoms with Gasteiger partial charge in [0.2, 0.25) is 0 Å². The van der Waals surface area contributed by atoms with Crippen LogP contribution in [0.1, 0.15) is 12.8 Å². The normalized spacial score (nSPS) is 22.1. The molecule has 1 atom stereocenters. The number of aliphatic hydroxyl groups is 1. The summed E-state index contributed by atoms with van der Waals surface area (Å²) in [5.74, 6) is 0. The van der Waals surface area contributed by atoms with E-state index in [1.54, 1.807) is 0 Å². The first-order chi connectivity index (χ1) is 5.83. The molecule has 12 heavy (non-hydrogen) atoms. The third-order valence-corrected chi connectivity index (χ3v) is 1.83. The van der Waals surface area contributed by atoms with Crippen LogP contribution in [0.3, 0.4) is 0 Å². The molecule has 1 aliphatic heterocycles. The predicted molar refractivity (Wildman–Crippen MR) is 41.9 cm³/mol. The number of ether oxygens (including phenoxy) is 2. The zero-order chi connectivity index (χ0) is 8.81. The van der Waals surface area contributed by atoms with E-state index in [1.807, 2.05) is 0 Å². The van der Waals surface area contributed by atoms with E-state index in [0.717, 1.165) is 12.8 Å². The van der Waals surface area contributed by atoms with Crippen LogP contribution in [0.25, 0.3) is 0 Å². The van der Waals surface area contributed by atoms with Crippen LogP contribution in [0.4, 0.5) is 0 Å². The molecular formula is C8H14O4. The van der Waals surface area contributed by atoms with Gasteiger partial charge in [-0.05, 0) is 12.8 Å². The Morgan fingerprint density at radius 3 is 2.83 bits per heavy atom. The van der Waals surface area contributed by atoms with Gasteiger partial charge in [-0.15, -0.1) is 0 Å². The summed E-state index contributed by atoms with van der Waals surface area (Å²) in [4.78, 5) is 10.0. The summed E-state index contributed by atoms with van der Waals surface area (Å²) in [5.41, 5.74) is 0. The van der Waals surface area contributed by atoms with Crippen LogP contribution in [0.15, 0.2) is 0 Å². The lowest BCUT2D eigenvalue weighted by molar-refractivity contribution is -0.120. The van der Waals surface area contributed by atoms with E-state index in [0.29, 0.717) is 19.5 Å². The number of carbonyl (C=O) groups excluding carboxylic acids is 1. The van der Waals surface area contributed by atoms with Crippen molar-refractivity contribution in [2.75, 3.05) is 19.8 Å². The minimum atomic E-state index is -0.979. The minimum Gasteiger partial charge on any atom is -0.383 e. The Morgan fingerprint density at radius 1 is 1.58 bits per heavy atom. The Bertz CT molecular complexity index is 131. The van der Waals surface area contributed by atoms with Gasteiger partial charge >= 0.3 is 0 Å². The Balaban J connectivity index is 2.08. The monoisotopic (exact) mass is 174 g/mol. The van der Waals surface area contributed by atoms with Crippen molar-refractivity contribution >= 4 is 6.29 Å². The molecule has 1 heterocycles. The maximum absolute atomic E-state index is 10.0. The highest BCUT2D eigenvalue weighted by molar-refractivity contribution is 5.55. The Hall–Kier alpha value is -0.450. The molecule has 1 unspecified atom stereocenters. The molecule has 1 saturated heterocycles. The van der Waals surface area contributed by atoms with Gasteiger partial charge in [0.05, 0.1) is 12.7 Å². The summed E-state index contributed by atoms with van der Waals surface area (Å²) < 4.78 is 10.4. The van der Waals surface area contributed by atoms with E-state index in [9.17, 15) is 4.79 Å². The molecule has 1 aliphatic rings. The van der Waals surface area contributed by atoms with Crippen molar-refractivity contribution in [3.8, 4) is 0 Å². The SMILES string of the molecule is O=CC(O)COC1CCOCC1. The Labute approximate surface area is 71.5 Å². The highest BCUT2D eigenvalue weighted by atomic mass is 16.5. The Morgan fingerprint density at radius 2 is 2.25 bits per heavy atom. The van der Waals surface area contributed by atoms with Crippen molar-refractivity contribution in [1.82, 2.24) is 0 Å². The fraction of sp³-hybridized carbons (Fsp3) is 0.875. The summed E-state index contributed by atoms with van der Waals surface area (Å²) in [6, 6.07) is 0. The Kier molecular flexibility index (Phi) is 4.21. The first-order valence-corrected chi connectivity index (χ1v) is 4.15. The molecular weight excluding hydrogens is 160 g/mol. The van der Waals surface area contributed by atoms with Crippen molar-refractivity contribution in [2.24, 2.45) is 0 Å². The van der Waals surface area contributed by atoms with Crippen LogP contribution in [0, 0.1) is 0 Å². The van der Waals surface area contributed by atoms with Crippen molar-refractivity contribution < 1.29 is 19.4 Å². The number of carbonyl (C=O) groups is 1. The third kappa shape index (κ3) is 3.30. The van der Waals surface area contributed by atoms with Crippen LogP contribution in [-0.2, 0) is 14.3 Å². The molecule has 4 heteroatoms. The largest absolute Gasteiger partial charge is 0.383 e.